The summed E-state index contributed by atoms with van der Waals surface area (Å²) in [5.41, 5.74) is -0.255. The van der Waals surface area contributed by atoms with Gasteiger partial charge in [0.2, 0.25) is 0 Å². The van der Waals surface area contributed by atoms with Crippen molar-refractivity contribution in [3.8, 4) is 0 Å². The molecule has 2 fully saturated rings. The Morgan fingerprint density at radius 1 is 1.44 bits per heavy atom. The lowest BCUT2D eigenvalue weighted by Crippen LogP contribution is -2.59. The zero-order valence-corrected chi connectivity index (χ0v) is 12.0. The molecule has 102 valence electrons. The highest BCUT2D eigenvalue weighted by Crippen LogP contribution is 2.49. The van der Waals surface area contributed by atoms with Crippen molar-refractivity contribution in [1.82, 2.24) is 10.2 Å². The number of urea groups is 1. The molecular formula is C14H25N3O. The quantitative estimate of drug-likeness (QED) is 0.739. The minimum absolute atomic E-state index is 0.0846. The van der Waals surface area contributed by atoms with Crippen LogP contribution >= 0.6 is 0 Å². The van der Waals surface area contributed by atoms with Crippen LogP contribution in [0.2, 0.25) is 0 Å². The van der Waals surface area contributed by atoms with Gasteiger partial charge in [0.25, 0.3) is 0 Å². The fourth-order valence-corrected chi connectivity index (χ4v) is 3.95. The van der Waals surface area contributed by atoms with Gasteiger partial charge in [0.1, 0.15) is 11.4 Å². The highest BCUT2D eigenvalue weighted by molar-refractivity contribution is 6.08. The topological polar surface area (TPSA) is 56.2 Å². The first-order valence-electron chi connectivity index (χ1n) is 7.01. The minimum Gasteiger partial charge on any atom is -0.312 e. The maximum atomic E-state index is 12.0. The van der Waals surface area contributed by atoms with Gasteiger partial charge in [-0.15, -0.1) is 0 Å². The number of likely N-dealkylation sites (N-methyl/N-ethyl adjacent to an activating group) is 1. The summed E-state index contributed by atoms with van der Waals surface area (Å²) in [5, 5.41) is 11.0. The number of carbonyl (C=O) groups is 1. The van der Waals surface area contributed by atoms with E-state index in [1.165, 1.54) is 6.42 Å². The third kappa shape index (κ3) is 1.73. The molecule has 0 aromatic rings. The lowest BCUT2D eigenvalue weighted by Gasteiger charge is -2.50. The molecule has 1 aliphatic carbocycles. The van der Waals surface area contributed by atoms with Gasteiger partial charge < -0.3 is 4.90 Å². The van der Waals surface area contributed by atoms with Crippen molar-refractivity contribution in [2.75, 3.05) is 6.54 Å². The van der Waals surface area contributed by atoms with Crippen LogP contribution in [0.5, 0.6) is 0 Å². The van der Waals surface area contributed by atoms with Crippen LogP contribution in [0.3, 0.4) is 0 Å². The summed E-state index contributed by atoms with van der Waals surface area (Å²) >= 11 is 0. The van der Waals surface area contributed by atoms with Crippen molar-refractivity contribution in [2.45, 2.75) is 58.9 Å². The molecule has 2 N–H and O–H groups in total. The monoisotopic (exact) mass is 251 g/mol. The van der Waals surface area contributed by atoms with Crippen molar-refractivity contribution in [3.63, 3.8) is 0 Å². The predicted octanol–water partition coefficient (Wildman–Crippen LogP) is 2.98. The molecule has 0 aromatic carbocycles. The maximum absolute atomic E-state index is 12.0. The van der Waals surface area contributed by atoms with Gasteiger partial charge in [0, 0.05) is 6.54 Å². The molecule has 0 radical (unpaired) electrons. The fourth-order valence-electron chi connectivity index (χ4n) is 3.95. The highest BCUT2D eigenvalue weighted by Gasteiger charge is 2.57. The number of hydrogen-bond donors (Lipinski definition) is 2. The molecule has 18 heavy (non-hydrogen) atoms. The molecule has 2 aliphatic rings. The summed E-state index contributed by atoms with van der Waals surface area (Å²) in [5.74, 6) is 0.791. The SMILES string of the molecule is CCN1C(=O)NC(=N)C12CCCCC2C(C)(C)C. The van der Waals surface area contributed by atoms with E-state index in [-0.39, 0.29) is 17.0 Å². The third-order valence-corrected chi connectivity index (χ3v) is 4.63. The highest BCUT2D eigenvalue weighted by atomic mass is 16.2. The standard InChI is InChI=1S/C14H25N3O/c1-5-17-12(18)16-11(15)14(17)9-7-6-8-10(14)13(2,3)4/h10H,5-9H2,1-4H3,(H2,15,16,18). The first kappa shape index (κ1) is 13.4. The number of nitrogens with one attached hydrogen (secondary N) is 2. The van der Waals surface area contributed by atoms with Crippen molar-refractivity contribution >= 4 is 11.9 Å². The zero-order valence-electron chi connectivity index (χ0n) is 12.0. The van der Waals surface area contributed by atoms with Gasteiger partial charge in [-0.3, -0.25) is 10.7 Å². The molecule has 4 heteroatoms. The maximum Gasteiger partial charge on any atom is 0.323 e. The molecule has 1 saturated carbocycles. The Bertz CT molecular complexity index is 372. The Morgan fingerprint density at radius 3 is 2.67 bits per heavy atom. The average Bonchev–Trinajstić information content (AvgIpc) is 2.50. The Balaban J connectivity index is 2.47. The van der Waals surface area contributed by atoms with E-state index in [4.69, 9.17) is 5.41 Å². The molecular weight excluding hydrogens is 226 g/mol. The number of carbonyl (C=O) groups excluding carboxylic acids is 1. The summed E-state index contributed by atoms with van der Waals surface area (Å²) in [6.45, 7) is 9.38. The van der Waals surface area contributed by atoms with E-state index >= 15 is 0 Å². The number of amidine groups is 1. The minimum atomic E-state index is -0.373. The van der Waals surface area contributed by atoms with E-state index < -0.39 is 0 Å². The molecule has 2 unspecified atom stereocenters. The Morgan fingerprint density at radius 2 is 2.11 bits per heavy atom. The van der Waals surface area contributed by atoms with Crippen LogP contribution in [0, 0.1) is 16.7 Å². The van der Waals surface area contributed by atoms with Crippen LogP contribution < -0.4 is 5.32 Å². The van der Waals surface area contributed by atoms with E-state index in [0.29, 0.717) is 18.3 Å². The molecule has 2 amide bonds. The van der Waals surface area contributed by atoms with Gasteiger partial charge in [0.15, 0.2) is 0 Å². The Hall–Kier alpha value is -1.06. The predicted molar refractivity (Wildman–Crippen MR) is 72.8 cm³/mol. The van der Waals surface area contributed by atoms with E-state index in [1.807, 2.05) is 11.8 Å². The van der Waals surface area contributed by atoms with Crippen LogP contribution in [0.25, 0.3) is 0 Å². The van der Waals surface area contributed by atoms with Crippen LogP contribution in [-0.2, 0) is 0 Å². The van der Waals surface area contributed by atoms with Gasteiger partial charge in [0.05, 0.1) is 0 Å². The van der Waals surface area contributed by atoms with Crippen molar-refractivity contribution in [3.05, 3.63) is 0 Å². The normalized spacial score (nSPS) is 33.1. The number of rotatable bonds is 1. The molecule has 0 bridgehead atoms. The third-order valence-electron chi connectivity index (χ3n) is 4.63. The van der Waals surface area contributed by atoms with E-state index in [2.05, 4.69) is 26.1 Å². The van der Waals surface area contributed by atoms with Gasteiger partial charge in [-0.05, 0) is 31.1 Å². The molecule has 4 nitrogen and oxygen atoms in total. The van der Waals surface area contributed by atoms with Crippen LogP contribution in [0.15, 0.2) is 0 Å². The van der Waals surface area contributed by atoms with Crippen molar-refractivity contribution in [1.29, 1.82) is 5.41 Å². The molecule has 2 rings (SSSR count). The van der Waals surface area contributed by atoms with Gasteiger partial charge in [-0.1, -0.05) is 33.6 Å². The van der Waals surface area contributed by atoms with Crippen LogP contribution in [0.1, 0.15) is 53.4 Å². The molecule has 1 aliphatic heterocycles. The first-order chi connectivity index (χ1) is 8.34. The largest absolute Gasteiger partial charge is 0.323 e. The van der Waals surface area contributed by atoms with E-state index in [9.17, 15) is 4.79 Å². The first-order valence-corrected chi connectivity index (χ1v) is 7.01. The zero-order chi connectivity index (χ0) is 13.6. The summed E-state index contributed by atoms with van der Waals surface area (Å²) in [6.07, 6.45) is 4.36. The van der Waals surface area contributed by atoms with E-state index in [0.717, 1.165) is 19.3 Å². The Kier molecular flexibility index (Phi) is 3.16. The lowest BCUT2D eigenvalue weighted by molar-refractivity contribution is 0.0361. The van der Waals surface area contributed by atoms with Crippen molar-refractivity contribution < 1.29 is 4.79 Å². The smallest absolute Gasteiger partial charge is 0.312 e. The summed E-state index contributed by atoms with van der Waals surface area (Å²) in [7, 11) is 0. The molecule has 0 aromatic heterocycles. The summed E-state index contributed by atoms with van der Waals surface area (Å²) < 4.78 is 0. The van der Waals surface area contributed by atoms with Crippen LogP contribution in [-0.4, -0.2) is 28.9 Å². The summed E-state index contributed by atoms with van der Waals surface area (Å²) in [6, 6.07) is -0.0846. The number of hydrogen-bond acceptors (Lipinski definition) is 2. The van der Waals surface area contributed by atoms with E-state index in [1.54, 1.807) is 0 Å². The average molecular weight is 251 g/mol. The number of nitrogens with zero attached hydrogens (tertiary/aromatic N) is 1. The lowest BCUT2D eigenvalue weighted by atomic mass is 9.61. The van der Waals surface area contributed by atoms with Crippen LogP contribution in [0.4, 0.5) is 4.79 Å². The molecule has 1 heterocycles. The van der Waals surface area contributed by atoms with Gasteiger partial charge in [-0.2, -0.15) is 0 Å². The van der Waals surface area contributed by atoms with Gasteiger partial charge in [-0.25, -0.2) is 4.79 Å². The fraction of sp³-hybridized carbons (Fsp3) is 0.857. The number of amides is 2. The summed E-state index contributed by atoms with van der Waals surface area (Å²) in [4.78, 5) is 13.9. The molecule has 1 spiro atoms. The molecule has 2 atom stereocenters. The second-order valence-corrected chi connectivity index (χ2v) is 6.64. The van der Waals surface area contributed by atoms with Crippen molar-refractivity contribution in [2.24, 2.45) is 11.3 Å². The molecule has 1 saturated heterocycles. The second kappa shape index (κ2) is 4.25. The van der Waals surface area contributed by atoms with Gasteiger partial charge >= 0.3 is 6.03 Å². The second-order valence-electron chi connectivity index (χ2n) is 6.64. The Labute approximate surface area is 110 Å².